The lowest BCUT2D eigenvalue weighted by Gasteiger charge is -2.44. The van der Waals surface area contributed by atoms with E-state index in [0.717, 1.165) is 84.0 Å². The third-order valence-electron chi connectivity index (χ3n) is 16.7. The van der Waals surface area contributed by atoms with Gasteiger partial charge in [-0.1, -0.05) is 159 Å². The maximum atomic E-state index is 12.9. The number of ketones is 3. The van der Waals surface area contributed by atoms with Crippen LogP contribution in [0, 0.1) is 35.5 Å². The van der Waals surface area contributed by atoms with Crippen molar-refractivity contribution in [1.29, 1.82) is 0 Å². The molecule has 17 nitrogen and oxygen atoms in total. The summed E-state index contributed by atoms with van der Waals surface area (Å²) in [6, 6.07) is 0. The van der Waals surface area contributed by atoms with Crippen molar-refractivity contribution in [2.75, 3.05) is 26.2 Å². The lowest BCUT2D eigenvalue weighted by atomic mass is 9.78. The number of rotatable bonds is 43. The largest absolute Gasteiger partial charge is 0.390 e. The van der Waals surface area contributed by atoms with Crippen molar-refractivity contribution in [2.45, 2.75) is 356 Å². The van der Waals surface area contributed by atoms with Gasteiger partial charge in [0.1, 0.15) is 36.6 Å². The first kappa shape index (κ1) is 81.5. The summed E-state index contributed by atoms with van der Waals surface area (Å²) in [6.07, 6.45) is 14.5. The van der Waals surface area contributed by atoms with Crippen LogP contribution in [0.4, 0.5) is 0 Å². The Balaban J connectivity index is 0.000000640. The summed E-state index contributed by atoms with van der Waals surface area (Å²) < 4.78 is 34.4. The minimum absolute atomic E-state index is 0.00375. The lowest BCUT2D eigenvalue weighted by molar-refractivity contribution is -0.293. The van der Waals surface area contributed by atoms with Crippen LogP contribution in [0.1, 0.15) is 264 Å². The average molecular weight is 1220 g/mol. The molecule has 3 aliphatic heterocycles. The van der Waals surface area contributed by atoms with E-state index in [0.29, 0.717) is 19.3 Å². The first-order valence-corrected chi connectivity index (χ1v) is 34.4. The zero-order valence-corrected chi connectivity index (χ0v) is 56.5. The van der Waals surface area contributed by atoms with E-state index in [4.69, 9.17) is 28.4 Å². The van der Waals surface area contributed by atoms with Gasteiger partial charge in [-0.15, -0.1) is 0 Å². The SMILES string of the molecule is CCCCCCCCCCC(=O)C1OC(OC(C)C)C(O)C(O)C1C(C)C.CCCCNCCCCCC(=O)C1OC(OC(C)C)C(O)C(O)C1C(C)C.CCCCNCCCCCCCCCC(=O)C1OC(OC(C)C)C(O)C(O)C1C(C)C. The monoisotopic (exact) mass is 1220 g/mol. The molecule has 3 aliphatic rings. The molecule has 3 saturated heterocycles. The molecule has 3 fully saturated rings. The van der Waals surface area contributed by atoms with Gasteiger partial charge >= 0.3 is 0 Å². The van der Waals surface area contributed by atoms with Crippen LogP contribution in [0.2, 0.25) is 0 Å². The van der Waals surface area contributed by atoms with Crippen LogP contribution in [0.5, 0.6) is 0 Å². The van der Waals surface area contributed by atoms with Crippen molar-refractivity contribution in [3.8, 4) is 0 Å². The normalized spacial score (nSPS) is 28.1. The van der Waals surface area contributed by atoms with Crippen LogP contribution >= 0.6 is 0 Å². The fraction of sp³-hybridized carbons (Fsp3) is 0.956. The predicted molar refractivity (Wildman–Crippen MR) is 339 cm³/mol. The molecular formula is C68H132N2O15. The first-order chi connectivity index (χ1) is 40.4. The van der Waals surface area contributed by atoms with E-state index < -0.39 is 91.6 Å². The molecule has 17 heteroatoms. The zero-order chi connectivity index (χ0) is 64.0. The highest BCUT2D eigenvalue weighted by atomic mass is 16.7. The smallest absolute Gasteiger partial charge is 0.187 e. The summed E-state index contributed by atoms with van der Waals surface area (Å²) in [5, 5.41) is 69.6. The highest BCUT2D eigenvalue weighted by Gasteiger charge is 2.51. The molecule has 0 saturated carbocycles. The molecule has 3 heterocycles. The topological polar surface area (TPSA) is 252 Å². The van der Waals surface area contributed by atoms with E-state index in [9.17, 15) is 45.0 Å². The van der Waals surface area contributed by atoms with Gasteiger partial charge < -0.3 is 69.7 Å². The quantitative estimate of drug-likeness (QED) is 0.0264. The highest BCUT2D eigenvalue weighted by molar-refractivity contribution is 5.84. The number of carbonyl (C=O) groups excluding carboxylic acids is 3. The number of unbranched alkanes of at least 4 members (excludes halogenated alkanes) is 17. The molecule has 3 rings (SSSR count). The van der Waals surface area contributed by atoms with Gasteiger partial charge in [-0.3, -0.25) is 14.4 Å². The average Bonchev–Trinajstić information content (AvgIpc) is 3.51. The van der Waals surface area contributed by atoms with Gasteiger partial charge in [0.05, 0.1) is 36.6 Å². The van der Waals surface area contributed by atoms with E-state index in [1.54, 1.807) is 0 Å². The molecule has 0 amide bonds. The standard InChI is InChI=1S/C25H49NO5.C22H42O5.C21H41NO5/c1-6-7-16-26-17-14-12-10-8-9-11-13-15-20(27)24-21(18(2)3)22(28)23(29)25(31-24)30-19(4)5;1-6-7-8-9-10-11-12-13-14-17(23)21-18(15(2)3)19(24)20(25)22(27-21)26-16(4)5;1-6-7-12-22-13-10-8-9-11-16(23)20-17(14(2)3)18(24)19(25)21(27-20)26-15(4)5/h18-19,21-26,28-29H,6-17H2,1-5H3;15-16,18-22,24-25H,6-14H2,1-5H3;14-15,17-22,24-25H,6-13H2,1-5H3. The van der Waals surface area contributed by atoms with Crippen LogP contribution in [0.25, 0.3) is 0 Å². The van der Waals surface area contributed by atoms with Gasteiger partial charge in [-0.2, -0.15) is 0 Å². The number of hydrogen-bond donors (Lipinski definition) is 8. The molecule has 8 N–H and O–H groups in total. The van der Waals surface area contributed by atoms with Crippen LogP contribution in [-0.2, 0) is 42.8 Å². The Bertz CT molecular complexity index is 1590. The second-order valence-corrected chi connectivity index (χ2v) is 26.6. The Kier molecular flexibility index (Phi) is 45.4. The number of carbonyl (C=O) groups is 3. The molecule has 0 aromatic heterocycles. The van der Waals surface area contributed by atoms with Crippen LogP contribution in [-0.4, -0.2) is 166 Å². The number of Topliss-reactive ketones (excluding diaryl/α,β-unsaturated/α-hetero) is 3. The number of aliphatic hydroxyl groups is 6. The minimum Gasteiger partial charge on any atom is -0.390 e. The molecule has 0 bridgehead atoms. The van der Waals surface area contributed by atoms with Crippen molar-refractivity contribution in [2.24, 2.45) is 35.5 Å². The Morgan fingerprint density at radius 2 is 0.553 bits per heavy atom. The summed E-state index contributed by atoms with van der Waals surface area (Å²) in [4.78, 5) is 38.5. The Labute approximate surface area is 517 Å². The molecular weight excluding hydrogens is 1080 g/mol. The summed E-state index contributed by atoms with van der Waals surface area (Å²) in [5.74, 6) is -1.15. The van der Waals surface area contributed by atoms with Crippen LogP contribution in [0.15, 0.2) is 0 Å². The zero-order valence-electron chi connectivity index (χ0n) is 56.5. The predicted octanol–water partition coefficient (Wildman–Crippen LogP) is 11.1. The van der Waals surface area contributed by atoms with Gasteiger partial charge in [0, 0.05) is 37.0 Å². The molecule has 0 aliphatic carbocycles. The summed E-state index contributed by atoms with van der Waals surface area (Å²) >= 11 is 0. The third kappa shape index (κ3) is 32.3. The van der Waals surface area contributed by atoms with Crippen LogP contribution < -0.4 is 10.6 Å². The maximum Gasteiger partial charge on any atom is 0.187 e. The molecule has 504 valence electrons. The molecule has 0 aromatic carbocycles. The molecule has 15 atom stereocenters. The van der Waals surface area contributed by atoms with E-state index in [1.807, 2.05) is 83.1 Å². The van der Waals surface area contributed by atoms with E-state index >= 15 is 0 Å². The van der Waals surface area contributed by atoms with Crippen molar-refractivity contribution in [1.82, 2.24) is 10.6 Å². The first-order valence-electron chi connectivity index (χ1n) is 34.4. The minimum atomic E-state index is -1.14. The Hall–Kier alpha value is -1.55. The van der Waals surface area contributed by atoms with E-state index in [2.05, 4.69) is 31.4 Å². The van der Waals surface area contributed by atoms with Gasteiger partial charge in [0.2, 0.25) is 0 Å². The lowest BCUT2D eigenvalue weighted by Crippen LogP contribution is -2.59. The van der Waals surface area contributed by atoms with E-state index in [-0.39, 0.29) is 53.4 Å². The fourth-order valence-electron chi connectivity index (χ4n) is 11.8. The molecule has 0 radical (unpaired) electrons. The van der Waals surface area contributed by atoms with Crippen molar-refractivity contribution >= 4 is 17.3 Å². The van der Waals surface area contributed by atoms with Gasteiger partial charge in [0.25, 0.3) is 0 Å². The van der Waals surface area contributed by atoms with Gasteiger partial charge in [-0.25, -0.2) is 0 Å². The van der Waals surface area contributed by atoms with Crippen molar-refractivity contribution in [3.05, 3.63) is 0 Å². The molecule has 85 heavy (non-hydrogen) atoms. The summed E-state index contributed by atoms with van der Waals surface area (Å²) in [7, 11) is 0. The van der Waals surface area contributed by atoms with Crippen molar-refractivity contribution < 1.29 is 73.4 Å². The Morgan fingerprint density at radius 1 is 0.329 bits per heavy atom. The fourth-order valence-corrected chi connectivity index (χ4v) is 11.8. The van der Waals surface area contributed by atoms with E-state index in [1.165, 1.54) is 83.5 Å². The second-order valence-electron chi connectivity index (χ2n) is 26.6. The number of hydrogen-bond acceptors (Lipinski definition) is 17. The third-order valence-corrected chi connectivity index (χ3v) is 16.7. The molecule has 0 aromatic rings. The maximum absolute atomic E-state index is 12.9. The Morgan fingerprint density at radius 3 is 0.800 bits per heavy atom. The number of ether oxygens (including phenoxy) is 6. The van der Waals surface area contributed by atoms with Crippen LogP contribution in [0.3, 0.4) is 0 Å². The molecule has 0 spiro atoms. The van der Waals surface area contributed by atoms with Crippen molar-refractivity contribution in [3.63, 3.8) is 0 Å². The van der Waals surface area contributed by atoms with Gasteiger partial charge in [-0.05, 0) is 130 Å². The summed E-state index contributed by atoms with van der Waals surface area (Å²) in [6.45, 7) is 33.6. The summed E-state index contributed by atoms with van der Waals surface area (Å²) in [5.41, 5.74) is 0. The number of nitrogens with one attached hydrogen (secondary N) is 2. The second kappa shape index (κ2) is 47.4. The highest BCUT2D eigenvalue weighted by Crippen LogP contribution is 2.37. The van der Waals surface area contributed by atoms with Gasteiger partial charge in [0.15, 0.2) is 36.2 Å². The molecule has 15 unspecified atom stereocenters. The number of aliphatic hydroxyl groups excluding tert-OH is 6.